The summed E-state index contributed by atoms with van der Waals surface area (Å²) in [6.45, 7) is 12.5. The minimum absolute atomic E-state index is 0.161. The van der Waals surface area contributed by atoms with Crippen LogP contribution < -0.4 is 10.1 Å². The third kappa shape index (κ3) is 4.13. The molecule has 1 N–H and O–H groups in total. The Bertz CT molecular complexity index is 457. The summed E-state index contributed by atoms with van der Waals surface area (Å²) in [6.07, 6.45) is 2.41. The minimum atomic E-state index is 0.161. The van der Waals surface area contributed by atoms with Crippen molar-refractivity contribution in [2.24, 2.45) is 0 Å². The first-order valence-electron chi connectivity index (χ1n) is 8.11. The smallest absolute Gasteiger partial charge is 0.141 e. The van der Waals surface area contributed by atoms with Crippen molar-refractivity contribution >= 4 is 5.69 Å². The van der Waals surface area contributed by atoms with Crippen LogP contribution in [-0.4, -0.2) is 37.7 Å². The van der Waals surface area contributed by atoms with Gasteiger partial charge in [-0.05, 0) is 42.5 Å². The van der Waals surface area contributed by atoms with Crippen LogP contribution in [0.1, 0.15) is 46.1 Å². The second kappa shape index (κ2) is 6.69. The fraction of sp³-hybridized carbons (Fsp3) is 0.667. The highest BCUT2D eigenvalue weighted by molar-refractivity contribution is 5.59. The van der Waals surface area contributed by atoms with E-state index in [0.717, 1.165) is 18.0 Å². The van der Waals surface area contributed by atoms with E-state index in [-0.39, 0.29) is 5.41 Å². The Kier molecular flexibility index (Phi) is 5.15. The number of likely N-dealkylation sites (tertiary alicyclic amines) is 1. The number of rotatable bonds is 4. The molecule has 0 saturated carbocycles. The maximum absolute atomic E-state index is 5.52. The molecule has 0 unspecified atom stereocenters. The van der Waals surface area contributed by atoms with Crippen LogP contribution in [0.5, 0.6) is 5.75 Å². The molecule has 0 amide bonds. The molecular weight excluding hydrogens is 260 g/mol. The number of nitrogens with zero attached hydrogens (tertiary/aromatic N) is 1. The molecule has 0 aromatic heterocycles. The Hall–Kier alpha value is -1.22. The summed E-state index contributed by atoms with van der Waals surface area (Å²) in [4.78, 5) is 2.51. The van der Waals surface area contributed by atoms with Gasteiger partial charge in [-0.25, -0.2) is 0 Å². The van der Waals surface area contributed by atoms with E-state index in [1.807, 2.05) is 0 Å². The number of hydrogen-bond donors (Lipinski definition) is 1. The van der Waals surface area contributed by atoms with Crippen molar-refractivity contribution < 1.29 is 4.74 Å². The second-order valence-electron chi connectivity index (χ2n) is 7.02. The molecule has 1 aliphatic heterocycles. The number of ether oxygens (including phenoxy) is 1. The van der Waals surface area contributed by atoms with Crippen molar-refractivity contribution in [2.75, 3.05) is 32.1 Å². The second-order valence-corrected chi connectivity index (χ2v) is 7.02. The van der Waals surface area contributed by atoms with Crippen molar-refractivity contribution in [1.29, 1.82) is 0 Å². The lowest BCUT2D eigenvalue weighted by Crippen LogP contribution is -2.38. The largest absolute Gasteiger partial charge is 0.495 e. The van der Waals surface area contributed by atoms with Gasteiger partial charge >= 0.3 is 0 Å². The minimum Gasteiger partial charge on any atom is -0.495 e. The average Bonchev–Trinajstić information content (AvgIpc) is 2.47. The molecule has 0 radical (unpaired) electrons. The standard InChI is InChI=1S/C18H30N2O/c1-6-20-11-9-15(10-12-20)19-16-13-14(18(2,3)4)7-8-17(16)21-5/h7-8,13,15,19H,6,9-12H2,1-5H3. The number of hydrogen-bond acceptors (Lipinski definition) is 3. The SMILES string of the molecule is CCN1CCC(Nc2cc(C(C)(C)C)ccc2OC)CC1. The summed E-state index contributed by atoms with van der Waals surface area (Å²) in [5.74, 6) is 0.945. The molecule has 2 rings (SSSR count). The van der Waals surface area contributed by atoms with Gasteiger partial charge in [0.25, 0.3) is 0 Å². The van der Waals surface area contributed by atoms with Crippen LogP contribution in [0, 0.1) is 0 Å². The first-order valence-corrected chi connectivity index (χ1v) is 8.11. The quantitative estimate of drug-likeness (QED) is 0.910. The van der Waals surface area contributed by atoms with E-state index in [0.29, 0.717) is 6.04 Å². The third-order valence-electron chi connectivity index (χ3n) is 4.46. The van der Waals surface area contributed by atoms with Crippen molar-refractivity contribution in [1.82, 2.24) is 4.90 Å². The zero-order chi connectivity index (χ0) is 15.5. The highest BCUT2D eigenvalue weighted by atomic mass is 16.5. The Balaban J connectivity index is 2.11. The van der Waals surface area contributed by atoms with Crippen molar-refractivity contribution in [3.8, 4) is 5.75 Å². The lowest BCUT2D eigenvalue weighted by atomic mass is 9.86. The summed E-state index contributed by atoms with van der Waals surface area (Å²) >= 11 is 0. The fourth-order valence-electron chi connectivity index (χ4n) is 2.90. The van der Waals surface area contributed by atoms with Gasteiger partial charge < -0.3 is 15.0 Å². The van der Waals surface area contributed by atoms with Crippen molar-refractivity contribution in [3.05, 3.63) is 23.8 Å². The van der Waals surface area contributed by atoms with Crippen LogP contribution in [0.3, 0.4) is 0 Å². The summed E-state index contributed by atoms with van der Waals surface area (Å²) in [5, 5.41) is 3.71. The Labute approximate surface area is 129 Å². The maximum Gasteiger partial charge on any atom is 0.141 e. The molecule has 0 atom stereocenters. The van der Waals surface area contributed by atoms with E-state index in [1.54, 1.807) is 7.11 Å². The predicted octanol–water partition coefficient (Wildman–Crippen LogP) is 3.89. The Morgan fingerprint density at radius 1 is 1.24 bits per heavy atom. The van der Waals surface area contributed by atoms with Gasteiger partial charge in [0, 0.05) is 19.1 Å². The number of benzene rings is 1. The van der Waals surface area contributed by atoms with Crippen LogP contribution in [0.2, 0.25) is 0 Å². The van der Waals surface area contributed by atoms with E-state index >= 15 is 0 Å². The lowest BCUT2D eigenvalue weighted by molar-refractivity contribution is 0.229. The molecule has 0 bridgehead atoms. The highest BCUT2D eigenvalue weighted by Crippen LogP contribution is 2.32. The molecule has 3 nitrogen and oxygen atoms in total. The first-order chi connectivity index (χ1) is 9.94. The lowest BCUT2D eigenvalue weighted by Gasteiger charge is -2.32. The zero-order valence-corrected chi connectivity index (χ0v) is 14.2. The molecule has 118 valence electrons. The number of methoxy groups -OCH3 is 1. The molecule has 1 aromatic rings. The van der Waals surface area contributed by atoms with Crippen LogP contribution in [0.4, 0.5) is 5.69 Å². The number of anilines is 1. The topological polar surface area (TPSA) is 24.5 Å². The zero-order valence-electron chi connectivity index (χ0n) is 14.2. The molecule has 0 spiro atoms. The van der Waals surface area contributed by atoms with Crippen LogP contribution >= 0.6 is 0 Å². The van der Waals surface area contributed by atoms with Gasteiger partial charge in [-0.2, -0.15) is 0 Å². The van der Waals surface area contributed by atoms with Crippen molar-refractivity contribution in [2.45, 2.75) is 52.0 Å². The molecule has 1 heterocycles. The van der Waals surface area contributed by atoms with E-state index in [1.165, 1.54) is 31.5 Å². The molecular formula is C18H30N2O. The van der Waals surface area contributed by atoms with E-state index in [9.17, 15) is 0 Å². The van der Waals surface area contributed by atoms with E-state index < -0.39 is 0 Å². The van der Waals surface area contributed by atoms with Crippen LogP contribution in [0.15, 0.2) is 18.2 Å². The first kappa shape index (κ1) is 16.2. The van der Waals surface area contributed by atoms with E-state index in [2.05, 4.69) is 56.1 Å². The fourth-order valence-corrected chi connectivity index (χ4v) is 2.90. The van der Waals surface area contributed by atoms with Crippen molar-refractivity contribution in [3.63, 3.8) is 0 Å². The van der Waals surface area contributed by atoms with Gasteiger partial charge in [0.1, 0.15) is 5.75 Å². The summed E-state index contributed by atoms with van der Waals surface area (Å²) in [6, 6.07) is 7.07. The van der Waals surface area contributed by atoms with Gasteiger partial charge in [0.15, 0.2) is 0 Å². The normalized spacial score (nSPS) is 17.8. The van der Waals surface area contributed by atoms with Gasteiger partial charge in [-0.15, -0.1) is 0 Å². The number of nitrogens with one attached hydrogen (secondary N) is 1. The Morgan fingerprint density at radius 2 is 1.90 bits per heavy atom. The summed E-state index contributed by atoms with van der Waals surface area (Å²) < 4.78 is 5.52. The maximum atomic E-state index is 5.52. The third-order valence-corrected chi connectivity index (χ3v) is 4.46. The highest BCUT2D eigenvalue weighted by Gasteiger charge is 2.20. The predicted molar refractivity (Wildman–Crippen MR) is 90.5 cm³/mol. The molecule has 21 heavy (non-hydrogen) atoms. The molecule has 1 fully saturated rings. The molecule has 1 aromatic carbocycles. The summed E-state index contributed by atoms with van der Waals surface area (Å²) in [5.41, 5.74) is 2.64. The van der Waals surface area contributed by atoms with Gasteiger partial charge in [-0.1, -0.05) is 33.8 Å². The van der Waals surface area contributed by atoms with Crippen LogP contribution in [0.25, 0.3) is 0 Å². The van der Waals surface area contributed by atoms with Gasteiger partial charge in [0.05, 0.1) is 12.8 Å². The molecule has 1 aliphatic rings. The van der Waals surface area contributed by atoms with Gasteiger partial charge in [0.2, 0.25) is 0 Å². The number of piperidine rings is 1. The molecule has 0 aliphatic carbocycles. The van der Waals surface area contributed by atoms with Crippen LogP contribution in [-0.2, 0) is 5.41 Å². The summed E-state index contributed by atoms with van der Waals surface area (Å²) in [7, 11) is 1.75. The average molecular weight is 290 g/mol. The Morgan fingerprint density at radius 3 is 2.43 bits per heavy atom. The van der Waals surface area contributed by atoms with E-state index in [4.69, 9.17) is 4.74 Å². The van der Waals surface area contributed by atoms with Gasteiger partial charge in [-0.3, -0.25) is 0 Å². The molecule has 3 heteroatoms. The molecule has 1 saturated heterocycles. The monoisotopic (exact) mass is 290 g/mol.